The van der Waals surface area contributed by atoms with Gasteiger partial charge in [-0.1, -0.05) is 6.92 Å². The highest BCUT2D eigenvalue weighted by Crippen LogP contribution is 2.11. The highest BCUT2D eigenvalue weighted by molar-refractivity contribution is 7.87. The second-order valence-corrected chi connectivity index (χ2v) is 5.56. The predicted octanol–water partition coefficient (Wildman–Crippen LogP) is -0.489. The van der Waals surface area contributed by atoms with E-state index in [-0.39, 0.29) is 5.92 Å². The zero-order valence-electron chi connectivity index (χ0n) is 8.57. The van der Waals surface area contributed by atoms with Crippen LogP contribution in [-0.2, 0) is 10.2 Å². The van der Waals surface area contributed by atoms with Crippen LogP contribution in [0.5, 0.6) is 0 Å². The summed E-state index contributed by atoms with van der Waals surface area (Å²) in [6.45, 7) is 4.14. The largest absolute Gasteiger partial charge is 0.330 e. The van der Waals surface area contributed by atoms with E-state index in [2.05, 4.69) is 4.72 Å². The molecule has 1 fully saturated rings. The highest BCUT2D eigenvalue weighted by Gasteiger charge is 2.24. The molecule has 0 aromatic rings. The molecule has 0 saturated carbocycles. The lowest BCUT2D eigenvalue weighted by Gasteiger charge is -2.17. The molecule has 1 rings (SSSR count). The quantitative estimate of drug-likeness (QED) is 0.658. The monoisotopic (exact) mass is 221 g/mol. The van der Waals surface area contributed by atoms with Crippen molar-refractivity contribution in [1.82, 2.24) is 9.03 Å². The number of hydrogen-bond donors (Lipinski definition) is 2. The summed E-state index contributed by atoms with van der Waals surface area (Å²) in [5, 5.41) is 0. The van der Waals surface area contributed by atoms with Crippen LogP contribution in [0.1, 0.15) is 19.8 Å². The van der Waals surface area contributed by atoms with Gasteiger partial charge in [0, 0.05) is 19.6 Å². The van der Waals surface area contributed by atoms with Crippen LogP contribution in [0.2, 0.25) is 0 Å². The Labute approximate surface area is 85.8 Å². The molecule has 1 unspecified atom stereocenters. The van der Waals surface area contributed by atoms with Crippen LogP contribution in [0.4, 0.5) is 0 Å². The van der Waals surface area contributed by atoms with Crippen molar-refractivity contribution in [3.63, 3.8) is 0 Å². The Morgan fingerprint density at radius 1 is 1.43 bits per heavy atom. The van der Waals surface area contributed by atoms with Gasteiger partial charge in [0.2, 0.25) is 0 Å². The third-order valence-corrected chi connectivity index (χ3v) is 4.00. The van der Waals surface area contributed by atoms with Crippen LogP contribution in [0.15, 0.2) is 0 Å². The molecule has 0 aliphatic carbocycles. The van der Waals surface area contributed by atoms with Crippen molar-refractivity contribution in [3.8, 4) is 0 Å². The van der Waals surface area contributed by atoms with Crippen molar-refractivity contribution < 1.29 is 8.42 Å². The first-order valence-electron chi connectivity index (χ1n) is 5.01. The van der Waals surface area contributed by atoms with Gasteiger partial charge in [0.25, 0.3) is 10.2 Å². The first-order chi connectivity index (χ1) is 6.56. The standard InChI is InChI=1S/C8H19N3O2S/c1-8(6-9)7-10-14(12,13)11-4-2-3-5-11/h8,10H,2-7,9H2,1H3. The smallest absolute Gasteiger partial charge is 0.279 e. The zero-order valence-corrected chi connectivity index (χ0v) is 9.39. The van der Waals surface area contributed by atoms with E-state index < -0.39 is 10.2 Å². The average molecular weight is 221 g/mol. The van der Waals surface area contributed by atoms with E-state index in [9.17, 15) is 8.42 Å². The normalized spacial score (nSPS) is 21.3. The molecular weight excluding hydrogens is 202 g/mol. The average Bonchev–Trinajstić information content (AvgIpc) is 2.67. The predicted molar refractivity (Wildman–Crippen MR) is 55.9 cm³/mol. The van der Waals surface area contributed by atoms with Crippen molar-refractivity contribution >= 4 is 10.2 Å². The van der Waals surface area contributed by atoms with E-state index >= 15 is 0 Å². The van der Waals surface area contributed by atoms with Gasteiger partial charge in [-0.2, -0.15) is 12.7 Å². The fourth-order valence-electron chi connectivity index (χ4n) is 1.35. The van der Waals surface area contributed by atoms with E-state index in [1.165, 1.54) is 4.31 Å². The lowest BCUT2D eigenvalue weighted by Crippen LogP contribution is -2.41. The topological polar surface area (TPSA) is 75.4 Å². The SMILES string of the molecule is CC(CN)CNS(=O)(=O)N1CCCC1. The summed E-state index contributed by atoms with van der Waals surface area (Å²) in [6.07, 6.45) is 1.93. The summed E-state index contributed by atoms with van der Waals surface area (Å²) in [4.78, 5) is 0. The molecule has 0 amide bonds. The molecule has 0 bridgehead atoms. The summed E-state index contributed by atoms with van der Waals surface area (Å²) in [7, 11) is -3.24. The van der Waals surface area contributed by atoms with Crippen molar-refractivity contribution in [2.24, 2.45) is 11.7 Å². The Morgan fingerprint density at radius 3 is 2.50 bits per heavy atom. The van der Waals surface area contributed by atoms with Gasteiger partial charge in [-0.05, 0) is 25.3 Å². The molecule has 1 atom stereocenters. The van der Waals surface area contributed by atoms with E-state index in [0.29, 0.717) is 26.2 Å². The minimum Gasteiger partial charge on any atom is -0.330 e. The van der Waals surface area contributed by atoms with Gasteiger partial charge in [0.1, 0.15) is 0 Å². The third kappa shape index (κ3) is 3.20. The molecule has 0 aromatic carbocycles. The van der Waals surface area contributed by atoms with Gasteiger partial charge in [0.15, 0.2) is 0 Å². The zero-order chi connectivity index (χ0) is 10.6. The molecule has 0 radical (unpaired) electrons. The van der Waals surface area contributed by atoms with E-state index in [1.54, 1.807) is 0 Å². The molecule has 1 aliphatic rings. The van der Waals surface area contributed by atoms with Gasteiger partial charge >= 0.3 is 0 Å². The van der Waals surface area contributed by atoms with Gasteiger partial charge in [-0.25, -0.2) is 4.72 Å². The highest BCUT2D eigenvalue weighted by atomic mass is 32.2. The maximum Gasteiger partial charge on any atom is 0.279 e. The summed E-state index contributed by atoms with van der Waals surface area (Å²) < 4.78 is 27.3. The maximum atomic E-state index is 11.6. The lowest BCUT2D eigenvalue weighted by molar-refractivity contribution is 0.455. The van der Waals surface area contributed by atoms with Crippen LogP contribution in [0.3, 0.4) is 0 Å². The van der Waals surface area contributed by atoms with Crippen LogP contribution in [0, 0.1) is 5.92 Å². The Balaban J connectivity index is 2.41. The second-order valence-electron chi connectivity index (χ2n) is 3.80. The van der Waals surface area contributed by atoms with Crippen molar-refractivity contribution in [3.05, 3.63) is 0 Å². The minimum atomic E-state index is -3.24. The first kappa shape index (κ1) is 11.9. The molecule has 3 N–H and O–H groups in total. The van der Waals surface area contributed by atoms with E-state index in [0.717, 1.165) is 12.8 Å². The van der Waals surface area contributed by atoms with Gasteiger partial charge < -0.3 is 5.73 Å². The van der Waals surface area contributed by atoms with Crippen molar-refractivity contribution in [2.75, 3.05) is 26.2 Å². The molecule has 1 aliphatic heterocycles. The summed E-state index contributed by atoms with van der Waals surface area (Å²) in [5.74, 6) is 0.187. The number of hydrogen-bond acceptors (Lipinski definition) is 3. The Bertz CT molecular complexity index is 260. The second kappa shape index (κ2) is 5.06. The molecule has 0 aromatic heterocycles. The number of nitrogens with one attached hydrogen (secondary N) is 1. The third-order valence-electron chi connectivity index (χ3n) is 2.42. The molecule has 0 spiro atoms. The Kier molecular flexibility index (Phi) is 4.31. The molecular formula is C8H19N3O2S. The molecule has 1 heterocycles. The summed E-state index contributed by atoms with van der Waals surface area (Å²) in [5.41, 5.74) is 5.41. The molecule has 1 saturated heterocycles. The maximum absolute atomic E-state index is 11.6. The van der Waals surface area contributed by atoms with E-state index in [4.69, 9.17) is 5.73 Å². The minimum absolute atomic E-state index is 0.187. The molecule has 5 nitrogen and oxygen atoms in total. The van der Waals surface area contributed by atoms with Gasteiger partial charge in [0.05, 0.1) is 0 Å². The molecule has 14 heavy (non-hydrogen) atoms. The van der Waals surface area contributed by atoms with Gasteiger partial charge in [-0.15, -0.1) is 0 Å². The molecule has 84 valence electrons. The van der Waals surface area contributed by atoms with Crippen LogP contribution in [-0.4, -0.2) is 38.9 Å². The fourth-order valence-corrected chi connectivity index (χ4v) is 2.77. The number of nitrogens with two attached hydrogens (primary N) is 1. The van der Waals surface area contributed by atoms with Crippen LogP contribution < -0.4 is 10.5 Å². The number of rotatable bonds is 5. The first-order valence-corrected chi connectivity index (χ1v) is 6.45. The van der Waals surface area contributed by atoms with Gasteiger partial charge in [-0.3, -0.25) is 0 Å². The summed E-state index contributed by atoms with van der Waals surface area (Å²) in [6, 6.07) is 0. The Hall–Kier alpha value is -0.170. The van der Waals surface area contributed by atoms with Crippen molar-refractivity contribution in [2.45, 2.75) is 19.8 Å². The van der Waals surface area contributed by atoms with Crippen LogP contribution >= 0.6 is 0 Å². The summed E-state index contributed by atoms with van der Waals surface area (Å²) >= 11 is 0. The number of nitrogens with zero attached hydrogens (tertiary/aromatic N) is 1. The van der Waals surface area contributed by atoms with Crippen molar-refractivity contribution in [1.29, 1.82) is 0 Å². The Morgan fingerprint density at radius 2 is 2.00 bits per heavy atom. The van der Waals surface area contributed by atoms with E-state index in [1.807, 2.05) is 6.92 Å². The lowest BCUT2D eigenvalue weighted by atomic mass is 10.2. The molecule has 6 heteroatoms. The fraction of sp³-hybridized carbons (Fsp3) is 1.00. The van der Waals surface area contributed by atoms with Crippen LogP contribution in [0.25, 0.3) is 0 Å².